The van der Waals surface area contributed by atoms with Crippen LogP contribution >= 0.6 is 0 Å². The van der Waals surface area contributed by atoms with E-state index >= 15 is 0 Å². The standard InChI is InChI=1S/C22H27N3O4/c1-15(29-20(27)17-11-8-12-18(13-17)24-21(23)28)19(26)25(22(2,3)4)14-16-9-6-5-7-10-16/h5-13,15H,14H2,1-4H3,(H3,23,24,28)/t15-/m1/s1. The van der Waals surface area contributed by atoms with Crippen molar-refractivity contribution in [3.05, 3.63) is 65.7 Å². The van der Waals surface area contributed by atoms with Gasteiger partial charge in [0.1, 0.15) is 0 Å². The first-order chi connectivity index (χ1) is 13.6. The van der Waals surface area contributed by atoms with Crippen molar-refractivity contribution in [3.63, 3.8) is 0 Å². The van der Waals surface area contributed by atoms with Gasteiger partial charge in [-0.15, -0.1) is 0 Å². The second-order valence-electron chi connectivity index (χ2n) is 7.70. The molecular formula is C22H27N3O4. The topological polar surface area (TPSA) is 102 Å². The quantitative estimate of drug-likeness (QED) is 0.728. The van der Waals surface area contributed by atoms with Gasteiger partial charge in [-0.25, -0.2) is 9.59 Å². The molecule has 2 rings (SSSR count). The summed E-state index contributed by atoms with van der Waals surface area (Å²) in [6.07, 6.45) is -0.974. The van der Waals surface area contributed by atoms with E-state index in [0.29, 0.717) is 12.2 Å². The summed E-state index contributed by atoms with van der Waals surface area (Å²) >= 11 is 0. The monoisotopic (exact) mass is 397 g/mol. The van der Waals surface area contributed by atoms with E-state index in [1.54, 1.807) is 24.0 Å². The Hall–Kier alpha value is -3.35. The van der Waals surface area contributed by atoms with Crippen LogP contribution in [0.4, 0.5) is 10.5 Å². The number of hydrogen-bond acceptors (Lipinski definition) is 4. The molecule has 0 fully saturated rings. The summed E-state index contributed by atoms with van der Waals surface area (Å²) in [4.78, 5) is 38.2. The largest absolute Gasteiger partial charge is 0.449 e. The van der Waals surface area contributed by atoms with Crippen LogP contribution in [0.2, 0.25) is 0 Å². The highest BCUT2D eigenvalue weighted by molar-refractivity contribution is 5.95. The van der Waals surface area contributed by atoms with Crippen molar-refractivity contribution in [1.82, 2.24) is 4.90 Å². The third kappa shape index (κ3) is 6.34. The summed E-state index contributed by atoms with van der Waals surface area (Å²) in [6.45, 7) is 7.75. The fourth-order valence-electron chi connectivity index (χ4n) is 2.78. The Morgan fingerprint density at radius 2 is 1.72 bits per heavy atom. The molecule has 0 aromatic heterocycles. The maximum atomic E-state index is 13.0. The van der Waals surface area contributed by atoms with Crippen molar-refractivity contribution < 1.29 is 19.1 Å². The van der Waals surface area contributed by atoms with Gasteiger partial charge < -0.3 is 20.7 Å². The van der Waals surface area contributed by atoms with E-state index in [0.717, 1.165) is 5.56 Å². The molecule has 0 aliphatic carbocycles. The van der Waals surface area contributed by atoms with Crippen LogP contribution in [0, 0.1) is 0 Å². The molecule has 0 aliphatic heterocycles. The molecule has 0 saturated carbocycles. The molecule has 154 valence electrons. The van der Waals surface area contributed by atoms with E-state index in [2.05, 4.69) is 5.32 Å². The molecular weight excluding hydrogens is 370 g/mol. The van der Waals surface area contributed by atoms with Crippen LogP contribution in [-0.4, -0.2) is 34.5 Å². The summed E-state index contributed by atoms with van der Waals surface area (Å²) in [7, 11) is 0. The summed E-state index contributed by atoms with van der Waals surface area (Å²) in [6, 6.07) is 15.1. The molecule has 3 N–H and O–H groups in total. The van der Waals surface area contributed by atoms with Crippen LogP contribution in [-0.2, 0) is 16.1 Å². The Kier molecular flexibility index (Phi) is 6.98. The molecule has 29 heavy (non-hydrogen) atoms. The molecule has 1 atom stereocenters. The number of nitrogens with one attached hydrogen (secondary N) is 1. The van der Waals surface area contributed by atoms with E-state index in [-0.39, 0.29) is 11.5 Å². The second kappa shape index (κ2) is 9.23. The fraction of sp³-hybridized carbons (Fsp3) is 0.318. The zero-order valence-electron chi connectivity index (χ0n) is 17.1. The van der Waals surface area contributed by atoms with Gasteiger partial charge in [0.25, 0.3) is 5.91 Å². The maximum absolute atomic E-state index is 13.0. The van der Waals surface area contributed by atoms with Gasteiger partial charge in [-0.1, -0.05) is 36.4 Å². The number of amides is 3. The Bertz CT molecular complexity index is 875. The lowest BCUT2D eigenvalue weighted by Gasteiger charge is -2.37. The van der Waals surface area contributed by atoms with Gasteiger partial charge in [-0.05, 0) is 51.5 Å². The van der Waals surface area contributed by atoms with Crippen molar-refractivity contribution in [2.45, 2.75) is 45.9 Å². The van der Waals surface area contributed by atoms with Crippen LogP contribution in [0.3, 0.4) is 0 Å². The highest BCUT2D eigenvalue weighted by Gasteiger charge is 2.32. The second-order valence-corrected chi connectivity index (χ2v) is 7.70. The molecule has 0 saturated heterocycles. The van der Waals surface area contributed by atoms with Gasteiger partial charge in [0.05, 0.1) is 5.56 Å². The van der Waals surface area contributed by atoms with E-state index in [9.17, 15) is 14.4 Å². The smallest absolute Gasteiger partial charge is 0.338 e. The SMILES string of the molecule is C[C@@H](OC(=O)c1cccc(NC(N)=O)c1)C(=O)N(Cc1ccccc1)C(C)(C)C. The summed E-state index contributed by atoms with van der Waals surface area (Å²) < 4.78 is 5.40. The summed E-state index contributed by atoms with van der Waals surface area (Å²) in [5.74, 6) is -0.950. The van der Waals surface area contributed by atoms with Crippen LogP contribution in [0.15, 0.2) is 54.6 Å². The zero-order chi connectivity index (χ0) is 21.6. The normalized spacial score (nSPS) is 12.0. The third-order valence-electron chi connectivity index (χ3n) is 4.26. The zero-order valence-corrected chi connectivity index (χ0v) is 17.1. The predicted octanol–water partition coefficient (Wildman–Crippen LogP) is 3.55. The summed E-state index contributed by atoms with van der Waals surface area (Å²) in [5.41, 5.74) is 6.19. The number of anilines is 1. The Balaban J connectivity index is 2.12. The molecule has 0 radical (unpaired) electrons. The van der Waals surface area contributed by atoms with Crippen LogP contribution in [0.25, 0.3) is 0 Å². The maximum Gasteiger partial charge on any atom is 0.338 e. The third-order valence-corrected chi connectivity index (χ3v) is 4.26. The van der Waals surface area contributed by atoms with E-state index in [4.69, 9.17) is 10.5 Å². The van der Waals surface area contributed by atoms with E-state index in [1.165, 1.54) is 12.1 Å². The van der Waals surface area contributed by atoms with Crippen molar-refractivity contribution in [2.75, 3.05) is 5.32 Å². The molecule has 0 unspecified atom stereocenters. The average Bonchev–Trinajstić information content (AvgIpc) is 2.65. The first-order valence-corrected chi connectivity index (χ1v) is 9.31. The van der Waals surface area contributed by atoms with Crippen LogP contribution in [0.5, 0.6) is 0 Å². The molecule has 0 spiro atoms. The van der Waals surface area contributed by atoms with Crippen LogP contribution in [0.1, 0.15) is 43.6 Å². The van der Waals surface area contributed by atoms with Crippen molar-refractivity contribution in [3.8, 4) is 0 Å². The Morgan fingerprint density at radius 1 is 1.07 bits per heavy atom. The van der Waals surface area contributed by atoms with E-state index < -0.39 is 23.6 Å². The molecule has 2 aromatic rings. The van der Waals surface area contributed by atoms with Crippen molar-refractivity contribution in [1.29, 1.82) is 0 Å². The Labute approximate surface area is 170 Å². The number of carbonyl (C=O) groups excluding carboxylic acids is 3. The first-order valence-electron chi connectivity index (χ1n) is 9.31. The lowest BCUT2D eigenvalue weighted by atomic mass is 10.0. The minimum Gasteiger partial charge on any atom is -0.449 e. The molecule has 7 heteroatoms. The lowest BCUT2D eigenvalue weighted by Crippen LogP contribution is -2.49. The van der Waals surface area contributed by atoms with Gasteiger partial charge >= 0.3 is 12.0 Å². The van der Waals surface area contributed by atoms with Gasteiger partial charge in [-0.3, -0.25) is 4.79 Å². The van der Waals surface area contributed by atoms with Crippen molar-refractivity contribution in [2.24, 2.45) is 5.73 Å². The number of nitrogens with zero attached hydrogens (tertiary/aromatic N) is 1. The van der Waals surface area contributed by atoms with Crippen LogP contribution < -0.4 is 11.1 Å². The minimum absolute atomic E-state index is 0.210. The average molecular weight is 397 g/mol. The first kappa shape index (κ1) is 21.9. The van der Waals surface area contributed by atoms with Crippen molar-refractivity contribution >= 4 is 23.6 Å². The number of ether oxygens (including phenoxy) is 1. The number of esters is 1. The number of carbonyl (C=O) groups is 3. The number of urea groups is 1. The molecule has 3 amide bonds. The summed E-state index contributed by atoms with van der Waals surface area (Å²) in [5, 5.41) is 2.40. The fourth-order valence-corrected chi connectivity index (χ4v) is 2.78. The molecule has 0 heterocycles. The van der Waals surface area contributed by atoms with Gasteiger partial charge in [0.2, 0.25) is 0 Å². The molecule has 7 nitrogen and oxygen atoms in total. The molecule has 0 bridgehead atoms. The number of rotatable bonds is 6. The Morgan fingerprint density at radius 3 is 2.31 bits per heavy atom. The van der Waals surface area contributed by atoms with Gasteiger partial charge in [0.15, 0.2) is 6.10 Å². The van der Waals surface area contributed by atoms with Gasteiger partial charge in [0, 0.05) is 17.8 Å². The highest BCUT2D eigenvalue weighted by Crippen LogP contribution is 2.20. The number of primary amides is 1. The minimum atomic E-state index is -0.974. The van der Waals surface area contributed by atoms with Gasteiger partial charge in [-0.2, -0.15) is 0 Å². The molecule has 2 aromatic carbocycles. The predicted molar refractivity (Wildman–Crippen MR) is 111 cm³/mol. The number of nitrogens with two attached hydrogens (primary N) is 1. The molecule has 0 aliphatic rings. The number of hydrogen-bond donors (Lipinski definition) is 2. The highest BCUT2D eigenvalue weighted by atomic mass is 16.5. The van der Waals surface area contributed by atoms with E-state index in [1.807, 2.05) is 51.1 Å². The number of benzene rings is 2. The lowest BCUT2D eigenvalue weighted by molar-refractivity contribution is -0.145.